The topological polar surface area (TPSA) is 86.0 Å². The first-order chi connectivity index (χ1) is 14.4. The molecule has 0 N–H and O–H groups in total. The number of morpholine rings is 1. The quantitative estimate of drug-likeness (QED) is 0.672. The zero-order chi connectivity index (χ0) is 21.3. The Kier molecular flexibility index (Phi) is 5.92. The predicted molar refractivity (Wildman–Crippen MR) is 109 cm³/mol. The van der Waals surface area contributed by atoms with E-state index >= 15 is 0 Å². The number of benzene rings is 1. The Balaban J connectivity index is 1.43. The summed E-state index contributed by atoms with van der Waals surface area (Å²) in [5.74, 6) is 0.597. The van der Waals surface area contributed by atoms with E-state index in [0.717, 1.165) is 6.42 Å². The number of hydrogen-bond donors (Lipinski definition) is 0. The first kappa shape index (κ1) is 20.6. The van der Waals surface area contributed by atoms with E-state index in [2.05, 4.69) is 0 Å². The first-order valence-corrected chi connectivity index (χ1v) is 10.3. The average molecular weight is 432 g/mol. The molecule has 158 valence electrons. The lowest BCUT2D eigenvalue weighted by Crippen LogP contribution is -2.47. The van der Waals surface area contributed by atoms with E-state index in [4.69, 9.17) is 25.5 Å². The minimum atomic E-state index is -0.364. The summed E-state index contributed by atoms with van der Waals surface area (Å²) in [7, 11) is 0. The highest BCUT2D eigenvalue weighted by atomic mass is 35.5. The molecule has 0 saturated carbocycles. The fraction of sp³-hybridized carbons (Fsp3) is 0.409. The molecule has 1 aliphatic heterocycles. The van der Waals surface area contributed by atoms with Crippen molar-refractivity contribution in [1.29, 1.82) is 0 Å². The van der Waals surface area contributed by atoms with E-state index in [1.54, 1.807) is 23.1 Å². The van der Waals surface area contributed by atoms with Crippen LogP contribution in [0.5, 0.6) is 5.75 Å². The van der Waals surface area contributed by atoms with Crippen molar-refractivity contribution in [3.05, 3.63) is 51.9 Å². The van der Waals surface area contributed by atoms with Crippen LogP contribution in [0.15, 0.2) is 28.9 Å². The summed E-state index contributed by atoms with van der Waals surface area (Å²) >= 11 is 5.96. The van der Waals surface area contributed by atoms with E-state index in [1.165, 1.54) is 13.2 Å². The molecule has 1 aromatic carbocycles. The van der Waals surface area contributed by atoms with Crippen molar-refractivity contribution in [3.8, 4) is 5.75 Å². The molecule has 1 atom stereocenters. The molecule has 1 fully saturated rings. The molecular weight excluding hydrogens is 410 g/mol. The van der Waals surface area contributed by atoms with Gasteiger partial charge in [0.15, 0.2) is 11.6 Å². The smallest absolute Gasteiger partial charge is 0.258 e. The third-order valence-electron chi connectivity index (χ3n) is 5.36. The molecule has 1 saturated heterocycles. The van der Waals surface area contributed by atoms with E-state index in [0.29, 0.717) is 65.8 Å². The highest BCUT2D eigenvalue weighted by Crippen LogP contribution is 2.28. The van der Waals surface area contributed by atoms with Crippen molar-refractivity contribution < 1.29 is 28.3 Å². The standard InChI is InChI=1S/C22H22ClNO6/c1-13(25)16-9-14(23)5-6-19(16)29-11-15-10-24(7-8-28-15)22(27)17-12-30-20-4-2-3-18(26)21(17)20/h5-6,9,12,15H,2-4,7-8,10-11H2,1H3. The lowest BCUT2D eigenvalue weighted by Gasteiger charge is -2.33. The summed E-state index contributed by atoms with van der Waals surface area (Å²) in [5, 5.41) is 0.455. The highest BCUT2D eigenvalue weighted by molar-refractivity contribution is 6.31. The van der Waals surface area contributed by atoms with Crippen LogP contribution in [-0.2, 0) is 11.2 Å². The number of halogens is 1. The van der Waals surface area contributed by atoms with Gasteiger partial charge in [0.25, 0.3) is 5.91 Å². The SMILES string of the molecule is CC(=O)c1cc(Cl)ccc1OCC1CN(C(=O)c2coc3c2C(=O)CCC3)CCO1. The maximum absolute atomic E-state index is 13.0. The molecule has 1 aliphatic carbocycles. The van der Waals surface area contributed by atoms with Crippen LogP contribution < -0.4 is 4.74 Å². The Morgan fingerprint density at radius 1 is 1.27 bits per heavy atom. The number of amides is 1. The lowest BCUT2D eigenvalue weighted by atomic mass is 9.93. The van der Waals surface area contributed by atoms with Gasteiger partial charge in [-0.15, -0.1) is 0 Å². The molecule has 0 radical (unpaired) electrons. The van der Waals surface area contributed by atoms with Gasteiger partial charge in [-0.05, 0) is 31.5 Å². The Morgan fingerprint density at radius 2 is 2.10 bits per heavy atom. The minimum Gasteiger partial charge on any atom is -0.490 e. The molecule has 1 amide bonds. The van der Waals surface area contributed by atoms with Crippen LogP contribution in [0.3, 0.4) is 0 Å². The number of aryl methyl sites for hydroxylation is 1. The lowest BCUT2D eigenvalue weighted by molar-refractivity contribution is -0.0402. The number of rotatable bonds is 5. The van der Waals surface area contributed by atoms with E-state index < -0.39 is 0 Å². The molecular formula is C22H22ClNO6. The van der Waals surface area contributed by atoms with Gasteiger partial charge in [0.2, 0.25) is 0 Å². The van der Waals surface area contributed by atoms with Gasteiger partial charge in [0.1, 0.15) is 30.5 Å². The third-order valence-corrected chi connectivity index (χ3v) is 5.59. The maximum atomic E-state index is 13.0. The highest BCUT2D eigenvalue weighted by Gasteiger charge is 2.32. The Bertz CT molecular complexity index is 998. The van der Waals surface area contributed by atoms with Gasteiger partial charge >= 0.3 is 0 Å². The fourth-order valence-electron chi connectivity index (χ4n) is 3.84. The van der Waals surface area contributed by atoms with Crippen LogP contribution in [0.2, 0.25) is 5.02 Å². The third kappa shape index (κ3) is 4.13. The van der Waals surface area contributed by atoms with E-state index in [1.807, 2.05) is 0 Å². The van der Waals surface area contributed by atoms with E-state index in [-0.39, 0.29) is 30.2 Å². The Hall–Kier alpha value is -2.64. The van der Waals surface area contributed by atoms with Crippen LogP contribution in [0.1, 0.15) is 56.6 Å². The maximum Gasteiger partial charge on any atom is 0.258 e. The van der Waals surface area contributed by atoms with Crippen LogP contribution in [0, 0.1) is 0 Å². The number of hydrogen-bond acceptors (Lipinski definition) is 6. The summed E-state index contributed by atoms with van der Waals surface area (Å²) in [4.78, 5) is 38.8. The Morgan fingerprint density at radius 3 is 2.90 bits per heavy atom. The summed E-state index contributed by atoms with van der Waals surface area (Å²) < 4.78 is 17.0. The van der Waals surface area contributed by atoms with Gasteiger partial charge in [-0.25, -0.2) is 0 Å². The van der Waals surface area contributed by atoms with Crippen molar-refractivity contribution in [2.45, 2.75) is 32.3 Å². The van der Waals surface area contributed by atoms with Crippen molar-refractivity contribution in [3.63, 3.8) is 0 Å². The summed E-state index contributed by atoms with van der Waals surface area (Å²) in [6.07, 6.45) is 2.89. The monoisotopic (exact) mass is 431 g/mol. The molecule has 0 spiro atoms. The molecule has 0 bridgehead atoms. The number of fused-ring (bicyclic) bond motifs is 1. The van der Waals surface area contributed by atoms with Crippen LogP contribution >= 0.6 is 11.6 Å². The van der Waals surface area contributed by atoms with Crippen LogP contribution in [-0.4, -0.2) is 54.8 Å². The van der Waals surface area contributed by atoms with Crippen LogP contribution in [0.25, 0.3) is 0 Å². The fourth-order valence-corrected chi connectivity index (χ4v) is 4.01. The molecule has 1 aromatic heterocycles. The number of nitrogens with zero attached hydrogens (tertiary/aromatic N) is 1. The molecule has 2 aromatic rings. The van der Waals surface area contributed by atoms with Gasteiger partial charge in [0.05, 0.1) is 29.8 Å². The molecule has 1 unspecified atom stereocenters. The number of carbonyl (C=O) groups excluding carboxylic acids is 3. The molecule has 2 aliphatic rings. The number of carbonyl (C=O) groups is 3. The number of Topliss-reactive ketones (excluding diaryl/α,β-unsaturated/α-hetero) is 2. The van der Waals surface area contributed by atoms with Crippen LogP contribution in [0.4, 0.5) is 0 Å². The molecule has 30 heavy (non-hydrogen) atoms. The second-order valence-corrected chi connectivity index (χ2v) is 7.91. The van der Waals surface area contributed by atoms with Gasteiger partial charge in [-0.2, -0.15) is 0 Å². The van der Waals surface area contributed by atoms with Gasteiger partial charge in [-0.3, -0.25) is 14.4 Å². The van der Waals surface area contributed by atoms with Gasteiger partial charge in [-0.1, -0.05) is 11.6 Å². The second kappa shape index (κ2) is 8.62. The molecule has 2 heterocycles. The van der Waals surface area contributed by atoms with Crippen molar-refractivity contribution in [2.24, 2.45) is 0 Å². The zero-order valence-corrected chi connectivity index (χ0v) is 17.4. The summed E-state index contributed by atoms with van der Waals surface area (Å²) in [6, 6.07) is 4.87. The minimum absolute atomic E-state index is 0.0407. The number of ether oxygens (including phenoxy) is 2. The van der Waals surface area contributed by atoms with Gasteiger partial charge in [0, 0.05) is 24.4 Å². The predicted octanol–water partition coefficient (Wildman–Crippen LogP) is 3.57. The largest absolute Gasteiger partial charge is 0.490 e. The van der Waals surface area contributed by atoms with Crippen molar-refractivity contribution in [2.75, 3.05) is 26.3 Å². The zero-order valence-electron chi connectivity index (χ0n) is 16.6. The summed E-state index contributed by atoms with van der Waals surface area (Å²) in [5.41, 5.74) is 1.15. The van der Waals surface area contributed by atoms with E-state index in [9.17, 15) is 14.4 Å². The average Bonchev–Trinajstić information content (AvgIpc) is 3.18. The number of furan rings is 1. The van der Waals surface area contributed by atoms with Crippen molar-refractivity contribution >= 4 is 29.1 Å². The first-order valence-electron chi connectivity index (χ1n) is 9.91. The molecule has 7 nitrogen and oxygen atoms in total. The van der Waals surface area contributed by atoms with Crippen molar-refractivity contribution in [1.82, 2.24) is 4.90 Å². The summed E-state index contributed by atoms with van der Waals surface area (Å²) in [6.45, 7) is 2.71. The number of ketones is 2. The second-order valence-electron chi connectivity index (χ2n) is 7.48. The molecule has 8 heteroatoms. The molecule has 4 rings (SSSR count). The van der Waals surface area contributed by atoms with Gasteiger partial charge < -0.3 is 18.8 Å². The Labute approximate surface area is 178 Å². The normalized spacial score (nSPS) is 18.8.